The number of ether oxygens (including phenoxy) is 1. The van der Waals surface area contributed by atoms with Crippen LogP contribution in [-0.4, -0.2) is 33.3 Å². The molecule has 0 amide bonds. The molecule has 0 aliphatic heterocycles. The van der Waals surface area contributed by atoms with Crippen LogP contribution < -0.4 is 15.4 Å². The lowest BCUT2D eigenvalue weighted by molar-refractivity contribution is 0.328. The van der Waals surface area contributed by atoms with Crippen LogP contribution in [-0.2, 0) is 6.54 Å². The van der Waals surface area contributed by atoms with Crippen LogP contribution in [0, 0.1) is 12.3 Å². The Kier molecular flexibility index (Phi) is 7.23. The van der Waals surface area contributed by atoms with Gasteiger partial charge in [0.15, 0.2) is 5.89 Å². The SMILES string of the molecule is CCOc1ncccc1-c1cc(NCc2coc(C)n2)c(NC(C)CC)c(C(C)=N)n1. The summed E-state index contributed by atoms with van der Waals surface area (Å²) in [6.07, 6.45) is 4.28. The number of anilines is 2. The van der Waals surface area contributed by atoms with Gasteiger partial charge in [0.25, 0.3) is 0 Å². The summed E-state index contributed by atoms with van der Waals surface area (Å²) in [6.45, 7) is 10.7. The van der Waals surface area contributed by atoms with Crippen LogP contribution in [0.4, 0.5) is 11.4 Å². The molecule has 3 rings (SSSR count). The van der Waals surface area contributed by atoms with Crippen LogP contribution >= 0.6 is 0 Å². The zero-order chi connectivity index (χ0) is 22.4. The van der Waals surface area contributed by atoms with Crippen molar-refractivity contribution in [2.24, 2.45) is 0 Å². The monoisotopic (exact) mass is 422 g/mol. The van der Waals surface area contributed by atoms with Crippen LogP contribution in [0.2, 0.25) is 0 Å². The molecule has 3 aromatic heterocycles. The molecule has 0 fully saturated rings. The van der Waals surface area contributed by atoms with Gasteiger partial charge in [-0.25, -0.2) is 15.0 Å². The average Bonchev–Trinajstić information content (AvgIpc) is 3.18. The van der Waals surface area contributed by atoms with Crippen LogP contribution in [0.3, 0.4) is 0 Å². The molecule has 0 saturated carbocycles. The quantitative estimate of drug-likeness (QED) is 0.392. The van der Waals surface area contributed by atoms with Gasteiger partial charge < -0.3 is 25.2 Å². The summed E-state index contributed by atoms with van der Waals surface area (Å²) >= 11 is 0. The summed E-state index contributed by atoms with van der Waals surface area (Å²) in [5, 5.41) is 15.3. The predicted octanol–water partition coefficient (Wildman–Crippen LogP) is 5.05. The second kappa shape index (κ2) is 10.1. The number of hydrogen-bond acceptors (Lipinski definition) is 8. The number of aryl methyl sites for hydroxylation is 1. The molecule has 0 aromatic carbocycles. The van der Waals surface area contributed by atoms with Crippen molar-refractivity contribution in [3.05, 3.63) is 47.9 Å². The van der Waals surface area contributed by atoms with Gasteiger partial charge in [0.1, 0.15) is 12.0 Å². The van der Waals surface area contributed by atoms with Crippen LogP contribution in [0.5, 0.6) is 5.88 Å². The van der Waals surface area contributed by atoms with Crippen molar-refractivity contribution in [1.82, 2.24) is 15.0 Å². The van der Waals surface area contributed by atoms with Crippen LogP contribution in [0.1, 0.15) is 51.4 Å². The molecule has 8 nitrogen and oxygen atoms in total. The molecule has 3 aromatic rings. The highest BCUT2D eigenvalue weighted by molar-refractivity contribution is 6.03. The van der Waals surface area contributed by atoms with Crippen molar-refractivity contribution >= 4 is 17.1 Å². The maximum atomic E-state index is 8.36. The number of pyridine rings is 2. The molecule has 0 aliphatic rings. The first kappa shape index (κ1) is 22.3. The van der Waals surface area contributed by atoms with Crippen molar-refractivity contribution in [2.75, 3.05) is 17.2 Å². The van der Waals surface area contributed by atoms with E-state index in [1.54, 1.807) is 19.4 Å². The number of aromatic nitrogens is 3. The van der Waals surface area contributed by atoms with Crippen molar-refractivity contribution in [2.45, 2.75) is 53.6 Å². The molecule has 1 unspecified atom stereocenters. The molecular formula is C23H30N6O2. The normalized spacial score (nSPS) is 11.8. The van der Waals surface area contributed by atoms with E-state index >= 15 is 0 Å². The minimum absolute atomic E-state index is 0.220. The molecular weight excluding hydrogens is 392 g/mol. The Morgan fingerprint density at radius 3 is 2.74 bits per heavy atom. The number of rotatable bonds is 10. The average molecular weight is 423 g/mol. The maximum Gasteiger partial charge on any atom is 0.222 e. The summed E-state index contributed by atoms with van der Waals surface area (Å²) in [7, 11) is 0. The molecule has 0 spiro atoms. The van der Waals surface area contributed by atoms with Gasteiger partial charge in [0.05, 0.1) is 47.2 Å². The van der Waals surface area contributed by atoms with Gasteiger partial charge in [0.2, 0.25) is 5.88 Å². The summed E-state index contributed by atoms with van der Waals surface area (Å²) in [5.74, 6) is 1.14. The molecule has 31 heavy (non-hydrogen) atoms. The minimum atomic E-state index is 0.220. The van der Waals surface area contributed by atoms with E-state index in [1.165, 1.54) is 0 Å². The summed E-state index contributed by atoms with van der Waals surface area (Å²) in [6, 6.07) is 5.96. The maximum absolute atomic E-state index is 8.36. The van der Waals surface area contributed by atoms with E-state index in [9.17, 15) is 0 Å². The van der Waals surface area contributed by atoms with E-state index in [-0.39, 0.29) is 6.04 Å². The van der Waals surface area contributed by atoms with Gasteiger partial charge in [-0.05, 0) is 45.4 Å². The number of hydrogen-bond donors (Lipinski definition) is 3. The topological polar surface area (TPSA) is 109 Å². The Morgan fingerprint density at radius 1 is 1.29 bits per heavy atom. The fourth-order valence-electron chi connectivity index (χ4n) is 3.10. The highest BCUT2D eigenvalue weighted by Crippen LogP contribution is 2.34. The van der Waals surface area contributed by atoms with E-state index in [2.05, 4.69) is 34.4 Å². The summed E-state index contributed by atoms with van der Waals surface area (Å²) in [4.78, 5) is 13.5. The molecule has 1 atom stereocenters. The molecule has 0 saturated heterocycles. The van der Waals surface area contributed by atoms with Gasteiger partial charge in [-0.1, -0.05) is 6.92 Å². The van der Waals surface area contributed by atoms with Crippen LogP contribution in [0.15, 0.2) is 35.1 Å². The Hall–Kier alpha value is -3.42. The predicted molar refractivity (Wildman–Crippen MR) is 123 cm³/mol. The first-order chi connectivity index (χ1) is 14.9. The first-order valence-corrected chi connectivity index (χ1v) is 10.5. The van der Waals surface area contributed by atoms with Crippen molar-refractivity contribution in [3.63, 3.8) is 0 Å². The number of nitrogens with zero attached hydrogens (tertiary/aromatic N) is 3. The third-order valence-electron chi connectivity index (χ3n) is 4.83. The summed E-state index contributed by atoms with van der Waals surface area (Å²) in [5.41, 5.74) is 4.85. The number of nitrogens with one attached hydrogen (secondary N) is 3. The van der Waals surface area contributed by atoms with Gasteiger partial charge >= 0.3 is 0 Å². The van der Waals surface area contributed by atoms with E-state index in [4.69, 9.17) is 19.5 Å². The highest BCUT2D eigenvalue weighted by atomic mass is 16.5. The molecule has 8 heteroatoms. The third kappa shape index (κ3) is 5.39. The first-order valence-electron chi connectivity index (χ1n) is 10.5. The fraction of sp³-hybridized carbons (Fsp3) is 0.391. The van der Waals surface area contributed by atoms with E-state index in [0.29, 0.717) is 42.0 Å². The van der Waals surface area contributed by atoms with Gasteiger partial charge in [0, 0.05) is 19.2 Å². The minimum Gasteiger partial charge on any atom is -0.477 e. The largest absolute Gasteiger partial charge is 0.477 e. The lowest BCUT2D eigenvalue weighted by atomic mass is 10.1. The van der Waals surface area contributed by atoms with Gasteiger partial charge in [-0.3, -0.25) is 0 Å². The van der Waals surface area contributed by atoms with E-state index < -0.39 is 0 Å². The lowest BCUT2D eigenvalue weighted by Gasteiger charge is -2.22. The Morgan fingerprint density at radius 2 is 2.10 bits per heavy atom. The molecule has 0 radical (unpaired) electrons. The smallest absolute Gasteiger partial charge is 0.222 e. The molecule has 0 bridgehead atoms. The standard InChI is InChI=1S/C23H30N6O2/c1-6-14(3)27-22-20(26-12-17-13-31-16(5)28-17)11-19(29-21(22)15(4)24)18-9-8-10-25-23(18)30-7-2/h8-11,13-14,24,27H,6-7,12H2,1-5H3,(H,26,29). The molecule has 164 valence electrons. The van der Waals surface area contributed by atoms with Gasteiger partial charge in [-0.2, -0.15) is 0 Å². The van der Waals surface area contributed by atoms with E-state index in [1.807, 2.05) is 32.0 Å². The van der Waals surface area contributed by atoms with Crippen LogP contribution in [0.25, 0.3) is 11.3 Å². The molecule has 3 N–H and O–H groups in total. The Balaban J connectivity index is 2.10. The molecule has 3 heterocycles. The fourth-order valence-corrected chi connectivity index (χ4v) is 3.10. The van der Waals surface area contributed by atoms with E-state index in [0.717, 1.165) is 29.1 Å². The highest BCUT2D eigenvalue weighted by Gasteiger charge is 2.19. The lowest BCUT2D eigenvalue weighted by Crippen LogP contribution is -2.19. The molecule has 0 aliphatic carbocycles. The van der Waals surface area contributed by atoms with Crippen molar-refractivity contribution in [1.29, 1.82) is 5.41 Å². The van der Waals surface area contributed by atoms with Crippen molar-refractivity contribution in [3.8, 4) is 17.1 Å². The zero-order valence-corrected chi connectivity index (χ0v) is 18.7. The number of oxazole rings is 1. The summed E-state index contributed by atoms with van der Waals surface area (Å²) < 4.78 is 11.0. The Labute approximate surface area is 183 Å². The van der Waals surface area contributed by atoms with Gasteiger partial charge in [-0.15, -0.1) is 0 Å². The second-order valence-corrected chi connectivity index (χ2v) is 7.36. The second-order valence-electron chi connectivity index (χ2n) is 7.36. The third-order valence-corrected chi connectivity index (χ3v) is 4.83. The zero-order valence-electron chi connectivity index (χ0n) is 18.7. The Bertz CT molecular complexity index is 1050. The van der Waals surface area contributed by atoms with Crippen molar-refractivity contribution < 1.29 is 9.15 Å².